The summed E-state index contributed by atoms with van der Waals surface area (Å²) in [7, 11) is 0. The number of carbonyl (C=O) groups is 1. The molecule has 1 fully saturated rings. The smallest absolute Gasteiger partial charge is 0.406 e. The molecule has 2 unspecified atom stereocenters. The number of rotatable bonds is 12. The van der Waals surface area contributed by atoms with Gasteiger partial charge in [-0.25, -0.2) is 4.79 Å². The molecule has 2 amide bonds. The van der Waals surface area contributed by atoms with Gasteiger partial charge in [-0.1, -0.05) is 121 Å². The van der Waals surface area contributed by atoms with Crippen LogP contribution in [0, 0.1) is 0 Å². The van der Waals surface area contributed by atoms with Crippen LogP contribution in [-0.2, 0) is 23.9 Å². The molecule has 62 heavy (non-hydrogen) atoms. The molecule has 8 nitrogen and oxygen atoms in total. The number of halogens is 8. The fourth-order valence-corrected chi connectivity index (χ4v) is 7.59. The third kappa shape index (κ3) is 12.6. The number of urea groups is 1. The molecular weight excluding hydrogens is 855 g/mol. The van der Waals surface area contributed by atoms with Gasteiger partial charge >= 0.3 is 18.8 Å². The number of nitrogens with two attached hydrogens (primary N) is 1. The first-order valence-corrected chi connectivity index (χ1v) is 20.2. The zero-order valence-corrected chi connectivity index (χ0v) is 34.4. The number of ether oxygens (including phenoxy) is 2. The summed E-state index contributed by atoms with van der Waals surface area (Å²) in [5, 5.41) is 6.90. The summed E-state index contributed by atoms with van der Waals surface area (Å²) in [6, 6.07) is 36.2. The predicted octanol–water partition coefficient (Wildman–Crippen LogP) is 11.4. The Kier molecular flexibility index (Phi) is 14.7. The Bertz CT molecular complexity index is 2370. The normalized spacial score (nSPS) is 15.0. The molecule has 0 aliphatic heterocycles. The van der Waals surface area contributed by atoms with Gasteiger partial charge in [0.2, 0.25) is 0 Å². The molecular formula is C46H41Cl2F6N5O3. The van der Waals surface area contributed by atoms with Gasteiger partial charge in [-0.3, -0.25) is 9.97 Å². The summed E-state index contributed by atoms with van der Waals surface area (Å²) >= 11 is 12.0. The van der Waals surface area contributed by atoms with Gasteiger partial charge in [0.05, 0.1) is 27.0 Å². The SMILES string of the molecule is NC(Cc1ccccc1)(c1cccc(OC(F)(F)F)c1)c1ccc(Cl)cn1.O=C(NC1CCCC1)NC(Cc1ccccc1)(c1cccc(OC(F)(F)F)c1)c1ccc(Cl)cn1. The largest absolute Gasteiger partial charge is 0.573 e. The molecule has 1 aliphatic rings. The Morgan fingerprint density at radius 2 is 1.11 bits per heavy atom. The maximum atomic E-state index is 13.2. The second-order valence-electron chi connectivity index (χ2n) is 14.7. The van der Waals surface area contributed by atoms with E-state index in [9.17, 15) is 31.1 Å². The van der Waals surface area contributed by atoms with Gasteiger partial charge in [0.15, 0.2) is 0 Å². The van der Waals surface area contributed by atoms with Crippen molar-refractivity contribution in [2.45, 2.75) is 68.4 Å². The number of aromatic nitrogens is 2. The quantitative estimate of drug-likeness (QED) is 0.106. The first kappa shape index (κ1) is 45.7. The standard InChI is InChI=1S/C26H25ClF3N3O2.C20H16ClF3N2O/c27-20-13-14-23(31-17-20)25(16-18-7-2-1-3-8-18,33-24(34)32-21-10-4-5-11-21)19-9-6-12-22(15-19)35-26(28,29)30;21-16-9-10-18(26-13-16)19(25,12-14-5-2-1-3-6-14)15-7-4-8-17(11-15)27-20(22,23)24/h1-3,6-9,12-15,17,21H,4-5,10-11,16H2,(H2,32,33,34);1-11,13H,12,25H2. The van der Waals surface area contributed by atoms with Gasteiger partial charge in [-0.2, -0.15) is 0 Å². The Morgan fingerprint density at radius 1 is 0.629 bits per heavy atom. The van der Waals surface area contributed by atoms with Crippen molar-refractivity contribution < 1.29 is 40.6 Å². The van der Waals surface area contributed by atoms with Gasteiger partial charge in [-0.05, 0) is 83.6 Å². The third-order valence-electron chi connectivity index (χ3n) is 10.1. The van der Waals surface area contributed by atoms with Crippen molar-refractivity contribution in [3.63, 3.8) is 0 Å². The molecule has 2 aromatic heterocycles. The highest BCUT2D eigenvalue weighted by molar-refractivity contribution is 6.30. The summed E-state index contributed by atoms with van der Waals surface area (Å²) in [4.78, 5) is 22.0. The Balaban J connectivity index is 0.000000214. The van der Waals surface area contributed by atoms with Gasteiger partial charge in [0, 0.05) is 31.3 Å². The van der Waals surface area contributed by atoms with Crippen LogP contribution in [0.3, 0.4) is 0 Å². The Hall–Kier alpha value is -5.83. The van der Waals surface area contributed by atoms with E-state index in [-0.39, 0.29) is 24.0 Å². The molecule has 324 valence electrons. The molecule has 0 saturated heterocycles. The molecule has 0 bridgehead atoms. The lowest BCUT2D eigenvalue weighted by Gasteiger charge is -2.36. The van der Waals surface area contributed by atoms with Crippen molar-refractivity contribution in [1.82, 2.24) is 20.6 Å². The minimum atomic E-state index is -4.85. The number of alkyl halides is 6. The molecule has 4 aromatic carbocycles. The molecule has 2 atom stereocenters. The molecule has 2 heterocycles. The topological polar surface area (TPSA) is 111 Å². The van der Waals surface area contributed by atoms with Crippen LogP contribution in [0.25, 0.3) is 0 Å². The van der Waals surface area contributed by atoms with E-state index in [1.54, 1.807) is 36.4 Å². The van der Waals surface area contributed by atoms with E-state index < -0.39 is 29.8 Å². The van der Waals surface area contributed by atoms with Crippen LogP contribution < -0.4 is 25.8 Å². The van der Waals surface area contributed by atoms with E-state index in [0.717, 1.165) is 36.8 Å². The van der Waals surface area contributed by atoms with Gasteiger partial charge in [0.25, 0.3) is 0 Å². The first-order valence-electron chi connectivity index (χ1n) is 19.4. The van der Waals surface area contributed by atoms with E-state index in [4.69, 9.17) is 28.9 Å². The fourth-order valence-electron chi connectivity index (χ4n) is 7.36. The molecule has 4 N–H and O–H groups in total. The lowest BCUT2D eigenvalue weighted by molar-refractivity contribution is -0.275. The van der Waals surface area contributed by atoms with Crippen molar-refractivity contribution in [1.29, 1.82) is 0 Å². The molecule has 0 radical (unpaired) electrons. The monoisotopic (exact) mass is 895 g/mol. The summed E-state index contributed by atoms with van der Waals surface area (Å²) in [6.45, 7) is 0. The lowest BCUT2D eigenvalue weighted by atomic mass is 9.80. The van der Waals surface area contributed by atoms with Crippen LogP contribution in [0.15, 0.2) is 146 Å². The molecule has 16 heteroatoms. The van der Waals surface area contributed by atoms with Crippen LogP contribution in [0.5, 0.6) is 11.5 Å². The van der Waals surface area contributed by atoms with Crippen LogP contribution in [0.4, 0.5) is 31.1 Å². The highest BCUT2D eigenvalue weighted by atomic mass is 35.5. The van der Waals surface area contributed by atoms with Gasteiger partial charge < -0.3 is 25.8 Å². The number of hydrogen-bond donors (Lipinski definition) is 3. The van der Waals surface area contributed by atoms with E-state index in [1.165, 1.54) is 48.8 Å². The van der Waals surface area contributed by atoms with Crippen LogP contribution in [-0.4, -0.2) is 34.8 Å². The highest BCUT2D eigenvalue weighted by Gasteiger charge is 2.40. The number of carbonyl (C=O) groups excluding carboxylic acids is 1. The molecule has 6 aromatic rings. The number of benzene rings is 4. The number of hydrogen-bond acceptors (Lipinski definition) is 6. The van der Waals surface area contributed by atoms with Crippen LogP contribution in [0.2, 0.25) is 10.0 Å². The van der Waals surface area contributed by atoms with Crippen molar-refractivity contribution in [2.24, 2.45) is 5.73 Å². The molecule has 0 spiro atoms. The van der Waals surface area contributed by atoms with Crippen LogP contribution in [0.1, 0.15) is 59.3 Å². The number of nitrogens with zero attached hydrogens (tertiary/aromatic N) is 2. The van der Waals surface area contributed by atoms with Gasteiger partial charge in [0.1, 0.15) is 17.0 Å². The van der Waals surface area contributed by atoms with E-state index >= 15 is 0 Å². The van der Waals surface area contributed by atoms with Crippen molar-refractivity contribution in [3.8, 4) is 11.5 Å². The Labute approximate surface area is 364 Å². The summed E-state index contributed by atoms with van der Waals surface area (Å²) in [5.41, 5.74) is 7.76. The highest BCUT2D eigenvalue weighted by Crippen LogP contribution is 2.37. The average molecular weight is 897 g/mol. The average Bonchev–Trinajstić information content (AvgIpc) is 3.74. The van der Waals surface area contributed by atoms with Crippen molar-refractivity contribution >= 4 is 29.2 Å². The maximum absolute atomic E-state index is 13.2. The van der Waals surface area contributed by atoms with E-state index in [1.807, 2.05) is 60.7 Å². The van der Waals surface area contributed by atoms with E-state index in [0.29, 0.717) is 39.0 Å². The second kappa shape index (κ2) is 19.9. The first-order chi connectivity index (χ1) is 29.5. The van der Waals surface area contributed by atoms with Crippen molar-refractivity contribution in [2.75, 3.05) is 0 Å². The lowest BCUT2D eigenvalue weighted by Crippen LogP contribution is -2.54. The van der Waals surface area contributed by atoms with Crippen molar-refractivity contribution in [3.05, 3.63) is 190 Å². The van der Waals surface area contributed by atoms with Crippen LogP contribution >= 0.6 is 23.2 Å². The molecule has 7 rings (SSSR count). The zero-order chi connectivity index (χ0) is 44.4. The Morgan fingerprint density at radius 3 is 1.61 bits per heavy atom. The second-order valence-corrected chi connectivity index (χ2v) is 15.5. The molecule has 1 aliphatic carbocycles. The predicted molar refractivity (Wildman–Crippen MR) is 225 cm³/mol. The van der Waals surface area contributed by atoms with E-state index in [2.05, 4.69) is 30.1 Å². The maximum Gasteiger partial charge on any atom is 0.573 e. The number of amides is 2. The number of pyridine rings is 2. The summed E-state index contributed by atoms with van der Waals surface area (Å²) < 4.78 is 85.0. The number of nitrogens with one attached hydrogen (secondary N) is 2. The minimum Gasteiger partial charge on any atom is -0.406 e. The minimum absolute atomic E-state index is 0.0440. The zero-order valence-electron chi connectivity index (χ0n) is 32.9. The third-order valence-corrected chi connectivity index (χ3v) is 10.6. The van der Waals surface area contributed by atoms with Gasteiger partial charge in [-0.15, -0.1) is 26.3 Å². The summed E-state index contributed by atoms with van der Waals surface area (Å²) in [6.07, 6.45) is -2.33. The fraction of sp³-hybridized carbons (Fsp3) is 0.239. The summed E-state index contributed by atoms with van der Waals surface area (Å²) in [5.74, 6) is -0.726. The molecule has 1 saturated carbocycles.